The smallest absolute Gasteiger partial charge is 0.347 e. The third kappa shape index (κ3) is 10.5. The number of hydrogen-bond acceptors (Lipinski definition) is 9. The summed E-state index contributed by atoms with van der Waals surface area (Å²) >= 11 is 0. The molecule has 0 aromatic heterocycles. The summed E-state index contributed by atoms with van der Waals surface area (Å²) in [6, 6.07) is 0. The van der Waals surface area contributed by atoms with Crippen molar-refractivity contribution < 1.29 is 28.5 Å². The Kier molecular flexibility index (Phi) is 14.5. The number of esters is 2. The van der Waals surface area contributed by atoms with Gasteiger partial charge in [0, 0.05) is 39.3 Å². The van der Waals surface area contributed by atoms with Gasteiger partial charge in [-0.15, -0.1) is 0 Å². The lowest BCUT2D eigenvalue weighted by atomic mass is 10.3. The Balaban J connectivity index is 0.00000254. The standard InChI is InChI=1S/C15H27NO6.H4N2/c1-3-19-11-8-16(9-12-20-4-2)7-5-14(17)22-13-6-10-21-15(13)18;1-2/h13H,3-12H2,1-2H3;1-2H2. The van der Waals surface area contributed by atoms with Crippen LogP contribution >= 0.6 is 0 Å². The average Bonchev–Trinajstić information content (AvgIpc) is 2.99. The van der Waals surface area contributed by atoms with Crippen molar-refractivity contribution in [3.63, 3.8) is 0 Å². The maximum Gasteiger partial charge on any atom is 0.347 e. The Labute approximate surface area is 143 Å². The SMILES string of the molecule is CCOCCN(CCOCC)CCC(=O)OC1CCOC1=O.NN. The van der Waals surface area contributed by atoms with E-state index >= 15 is 0 Å². The first kappa shape index (κ1) is 22.7. The quantitative estimate of drug-likeness (QED) is 0.206. The van der Waals surface area contributed by atoms with Crippen LogP contribution in [0.1, 0.15) is 26.7 Å². The lowest BCUT2D eigenvalue weighted by molar-refractivity contribution is -0.160. The molecule has 1 saturated heterocycles. The minimum Gasteiger partial charge on any atom is -0.463 e. The molecule has 9 nitrogen and oxygen atoms in total. The maximum atomic E-state index is 11.8. The first-order chi connectivity index (χ1) is 11.7. The molecule has 1 fully saturated rings. The number of hydrazine groups is 1. The fourth-order valence-electron chi connectivity index (χ4n) is 2.06. The molecule has 0 bridgehead atoms. The Morgan fingerprint density at radius 1 is 1.17 bits per heavy atom. The maximum absolute atomic E-state index is 11.8. The van der Waals surface area contributed by atoms with Gasteiger partial charge in [-0.25, -0.2) is 4.79 Å². The van der Waals surface area contributed by atoms with E-state index in [4.69, 9.17) is 18.9 Å². The van der Waals surface area contributed by atoms with Crippen molar-refractivity contribution in [2.24, 2.45) is 11.7 Å². The molecule has 1 atom stereocenters. The first-order valence-electron chi connectivity index (χ1n) is 8.24. The fraction of sp³-hybridized carbons (Fsp3) is 0.867. The van der Waals surface area contributed by atoms with Crippen molar-refractivity contribution in [1.29, 1.82) is 0 Å². The highest BCUT2D eigenvalue weighted by Crippen LogP contribution is 2.11. The molecule has 1 heterocycles. The van der Waals surface area contributed by atoms with Crippen LogP contribution in [-0.2, 0) is 28.5 Å². The van der Waals surface area contributed by atoms with Gasteiger partial charge < -0.3 is 18.9 Å². The summed E-state index contributed by atoms with van der Waals surface area (Å²) < 4.78 is 20.6. The van der Waals surface area contributed by atoms with E-state index in [-0.39, 0.29) is 12.4 Å². The molecule has 1 rings (SSSR count). The fourth-order valence-corrected chi connectivity index (χ4v) is 2.06. The number of cyclic esters (lactones) is 1. The van der Waals surface area contributed by atoms with E-state index in [1.807, 2.05) is 13.8 Å². The molecule has 142 valence electrons. The number of rotatable bonds is 12. The molecule has 4 N–H and O–H groups in total. The second-order valence-corrected chi connectivity index (χ2v) is 4.92. The van der Waals surface area contributed by atoms with Gasteiger partial charge in [0.15, 0.2) is 0 Å². The molecule has 24 heavy (non-hydrogen) atoms. The van der Waals surface area contributed by atoms with E-state index < -0.39 is 12.1 Å². The normalized spacial score (nSPS) is 16.5. The highest BCUT2D eigenvalue weighted by Gasteiger charge is 2.30. The van der Waals surface area contributed by atoms with Crippen LogP contribution in [0, 0.1) is 0 Å². The van der Waals surface area contributed by atoms with Crippen molar-refractivity contribution in [3.8, 4) is 0 Å². The van der Waals surface area contributed by atoms with Crippen molar-refractivity contribution >= 4 is 11.9 Å². The molecule has 1 unspecified atom stereocenters. The highest BCUT2D eigenvalue weighted by atomic mass is 16.6. The summed E-state index contributed by atoms with van der Waals surface area (Å²) in [6.07, 6.45) is -0.0434. The molecule has 0 saturated carbocycles. The molecule has 0 radical (unpaired) electrons. The molecule has 1 aliphatic rings. The zero-order valence-electron chi connectivity index (χ0n) is 14.7. The zero-order chi connectivity index (χ0) is 18.2. The Hall–Kier alpha value is -1.26. The van der Waals surface area contributed by atoms with Gasteiger partial charge >= 0.3 is 11.9 Å². The van der Waals surface area contributed by atoms with E-state index in [1.165, 1.54) is 0 Å². The van der Waals surface area contributed by atoms with Crippen LogP contribution in [0.2, 0.25) is 0 Å². The lowest BCUT2D eigenvalue weighted by Crippen LogP contribution is -2.34. The summed E-state index contributed by atoms with van der Waals surface area (Å²) in [5, 5.41) is 0. The van der Waals surface area contributed by atoms with Gasteiger partial charge in [0.1, 0.15) is 0 Å². The number of ether oxygens (including phenoxy) is 4. The second-order valence-electron chi connectivity index (χ2n) is 4.92. The highest BCUT2D eigenvalue weighted by molar-refractivity contribution is 5.80. The van der Waals surface area contributed by atoms with Crippen LogP contribution in [0.25, 0.3) is 0 Å². The number of carbonyl (C=O) groups excluding carboxylic acids is 2. The van der Waals surface area contributed by atoms with Gasteiger partial charge in [0.2, 0.25) is 6.10 Å². The molecule has 1 aliphatic heterocycles. The van der Waals surface area contributed by atoms with E-state index in [2.05, 4.69) is 16.6 Å². The van der Waals surface area contributed by atoms with E-state index in [9.17, 15) is 9.59 Å². The number of nitrogens with zero attached hydrogens (tertiary/aromatic N) is 1. The van der Waals surface area contributed by atoms with Gasteiger partial charge in [-0.3, -0.25) is 21.4 Å². The monoisotopic (exact) mass is 349 g/mol. The van der Waals surface area contributed by atoms with E-state index in [0.29, 0.717) is 46.0 Å². The average molecular weight is 349 g/mol. The third-order valence-electron chi connectivity index (χ3n) is 3.31. The number of nitrogens with two attached hydrogens (primary N) is 2. The molecular weight excluding hydrogens is 318 g/mol. The van der Waals surface area contributed by atoms with Gasteiger partial charge in [-0.05, 0) is 13.8 Å². The Morgan fingerprint density at radius 3 is 2.21 bits per heavy atom. The Bertz CT molecular complexity index is 333. The molecular formula is C15H31N3O6. The molecule has 0 aliphatic carbocycles. The largest absolute Gasteiger partial charge is 0.463 e. The van der Waals surface area contributed by atoms with Crippen molar-refractivity contribution in [3.05, 3.63) is 0 Å². The summed E-state index contributed by atoms with van der Waals surface area (Å²) in [4.78, 5) is 25.1. The van der Waals surface area contributed by atoms with Crippen molar-refractivity contribution in [1.82, 2.24) is 4.90 Å². The number of carbonyl (C=O) groups is 2. The van der Waals surface area contributed by atoms with Gasteiger partial charge in [-0.1, -0.05) is 0 Å². The minimum absolute atomic E-state index is 0.238. The predicted molar refractivity (Wildman–Crippen MR) is 87.9 cm³/mol. The van der Waals surface area contributed by atoms with E-state index in [0.717, 1.165) is 13.1 Å². The van der Waals surface area contributed by atoms with Gasteiger partial charge in [-0.2, -0.15) is 0 Å². The van der Waals surface area contributed by atoms with Crippen molar-refractivity contribution in [2.75, 3.05) is 52.7 Å². The first-order valence-corrected chi connectivity index (χ1v) is 8.24. The van der Waals surface area contributed by atoms with Crippen LogP contribution < -0.4 is 11.7 Å². The molecule has 0 aromatic carbocycles. The summed E-state index contributed by atoms with van der Waals surface area (Å²) in [7, 11) is 0. The van der Waals surface area contributed by atoms with Crippen LogP contribution in [0.15, 0.2) is 0 Å². The van der Waals surface area contributed by atoms with Gasteiger partial charge in [0.25, 0.3) is 0 Å². The lowest BCUT2D eigenvalue weighted by Gasteiger charge is -2.21. The predicted octanol–water partition coefficient (Wildman–Crippen LogP) is -0.571. The van der Waals surface area contributed by atoms with Gasteiger partial charge in [0.05, 0.1) is 26.2 Å². The topological polar surface area (TPSA) is 126 Å². The third-order valence-corrected chi connectivity index (χ3v) is 3.31. The minimum atomic E-state index is -0.729. The van der Waals surface area contributed by atoms with E-state index in [1.54, 1.807) is 0 Å². The Morgan fingerprint density at radius 2 is 1.75 bits per heavy atom. The molecule has 9 heteroatoms. The summed E-state index contributed by atoms with van der Waals surface area (Å²) in [5.41, 5.74) is 0. The second kappa shape index (κ2) is 15.3. The molecule has 0 amide bonds. The van der Waals surface area contributed by atoms with Crippen LogP contribution in [-0.4, -0.2) is 75.6 Å². The van der Waals surface area contributed by atoms with Crippen LogP contribution in [0.3, 0.4) is 0 Å². The summed E-state index contributed by atoms with van der Waals surface area (Å²) in [6.45, 7) is 8.83. The molecule has 0 aromatic rings. The zero-order valence-corrected chi connectivity index (χ0v) is 14.7. The number of hydrogen-bond donors (Lipinski definition) is 2. The van der Waals surface area contributed by atoms with Crippen LogP contribution in [0.5, 0.6) is 0 Å². The van der Waals surface area contributed by atoms with Crippen LogP contribution in [0.4, 0.5) is 0 Å². The van der Waals surface area contributed by atoms with Crippen molar-refractivity contribution in [2.45, 2.75) is 32.8 Å². The molecule has 0 spiro atoms. The summed E-state index contributed by atoms with van der Waals surface area (Å²) in [5.74, 6) is 7.18.